The van der Waals surface area contributed by atoms with Gasteiger partial charge in [-0.15, -0.1) is 0 Å². The fourth-order valence-corrected chi connectivity index (χ4v) is 4.17. The van der Waals surface area contributed by atoms with Gasteiger partial charge in [0.15, 0.2) is 0 Å². The molecule has 0 bridgehead atoms. The van der Waals surface area contributed by atoms with Crippen LogP contribution in [0.3, 0.4) is 0 Å². The van der Waals surface area contributed by atoms with Gasteiger partial charge < -0.3 is 0 Å². The van der Waals surface area contributed by atoms with Gasteiger partial charge in [-0.3, -0.25) is 4.90 Å². The molecule has 0 aromatic carbocycles. The van der Waals surface area contributed by atoms with Crippen molar-refractivity contribution in [2.75, 3.05) is 13.1 Å². The molecule has 3 atom stereocenters. The Morgan fingerprint density at radius 3 is 2.71 bits per heavy atom. The Kier molecular flexibility index (Phi) is 1.45. The second-order valence-electron chi connectivity index (χ2n) is 6.58. The summed E-state index contributed by atoms with van der Waals surface area (Å²) in [5.41, 5.74) is 2.36. The van der Waals surface area contributed by atoms with E-state index < -0.39 is 0 Å². The summed E-state index contributed by atoms with van der Waals surface area (Å²) in [6.45, 7) is 14.0. The third kappa shape index (κ3) is 0.850. The van der Waals surface area contributed by atoms with Crippen molar-refractivity contribution in [2.24, 2.45) is 17.3 Å². The lowest BCUT2D eigenvalue weighted by atomic mass is 9.69. The highest BCUT2D eigenvalue weighted by atomic mass is 15.3. The number of fused-ring (bicyclic) bond motifs is 3. The van der Waals surface area contributed by atoms with E-state index in [1.54, 1.807) is 0 Å². The highest BCUT2D eigenvalue weighted by Crippen LogP contribution is 2.65. The quantitative estimate of drug-likeness (QED) is 0.532. The average molecular weight is 191 g/mol. The number of hydrogen-bond donors (Lipinski definition) is 0. The van der Waals surface area contributed by atoms with Crippen molar-refractivity contribution in [3.63, 3.8) is 0 Å². The molecule has 1 aliphatic carbocycles. The summed E-state index contributed by atoms with van der Waals surface area (Å²) in [6, 6.07) is 0. The van der Waals surface area contributed by atoms with Gasteiger partial charge in [-0.1, -0.05) is 32.9 Å². The van der Waals surface area contributed by atoms with Crippen molar-refractivity contribution in [3.05, 3.63) is 12.2 Å². The largest absolute Gasteiger partial charge is 0.292 e. The van der Waals surface area contributed by atoms with Crippen LogP contribution in [-0.4, -0.2) is 23.5 Å². The fraction of sp³-hybridized carbons (Fsp3) is 0.846. The smallest absolute Gasteiger partial charge is 0.0330 e. The van der Waals surface area contributed by atoms with Gasteiger partial charge in [-0.2, -0.15) is 0 Å². The lowest BCUT2D eigenvalue weighted by molar-refractivity contribution is 0.0375. The van der Waals surface area contributed by atoms with Gasteiger partial charge in [0, 0.05) is 18.6 Å². The van der Waals surface area contributed by atoms with Gasteiger partial charge in [0.05, 0.1) is 0 Å². The first kappa shape index (κ1) is 8.96. The van der Waals surface area contributed by atoms with E-state index in [4.69, 9.17) is 0 Å². The zero-order chi connectivity index (χ0) is 10.1. The van der Waals surface area contributed by atoms with Crippen LogP contribution in [0.2, 0.25) is 0 Å². The number of rotatable bonds is 0. The van der Waals surface area contributed by atoms with E-state index in [-0.39, 0.29) is 0 Å². The van der Waals surface area contributed by atoms with Crippen molar-refractivity contribution < 1.29 is 0 Å². The molecule has 1 saturated carbocycles. The summed E-state index contributed by atoms with van der Waals surface area (Å²) in [6.07, 6.45) is 2.75. The Morgan fingerprint density at radius 1 is 1.43 bits per heavy atom. The SMILES string of the molecule is C=C1CN2C[C@@H]3C[C@@H]3C2(C(C)(C)C)C1. The number of hydrogen-bond acceptors (Lipinski definition) is 1. The van der Waals surface area contributed by atoms with Gasteiger partial charge >= 0.3 is 0 Å². The Hall–Kier alpha value is -0.300. The van der Waals surface area contributed by atoms with E-state index >= 15 is 0 Å². The molecular formula is C13H21N. The van der Waals surface area contributed by atoms with Crippen molar-refractivity contribution in [1.82, 2.24) is 4.90 Å². The zero-order valence-electron chi connectivity index (χ0n) is 9.64. The van der Waals surface area contributed by atoms with E-state index in [1.165, 1.54) is 31.5 Å². The Labute approximate surface area is 87.2 Å². The molecule has 1 unspecified atom stereocenters. The molecule has 1 nitrogen and oxygen atoms in total. The minimum absolute atomic E-state index is 0.419. The van der Waals surface area contributed by atoms with Crippen LogP contribution in [0.1, 0.15) is 33.6 Å². The molecule has 78 valence electrons. The van der Waals surface area contributed by atoms with Crippen LogP contribution in [0.15, 0.2) is 12.2 Å². The summed E-state index contributed by atoms with van der Waals surface area (Å²) in [4.78, 5) is 2.73. The van der Waals surface area contributed by atoms with Crippen LogP contribution in [0.4, 0.5) is 0 Å². The molecule has 2 aliphatic heterocycles. The maximum absolute atomic E-state index is 4.21. The summed E-state index contributed by atoms with van der Waals surface area (Å²) >= 11 is 0. The molecule has 0 aromatic heterocycles. The normalized spacial score (nSPS) is 46.6. The van der Waals surface area contributed by atoms with Crippen molar-refractivity contribution in [1.29, 1.82) is 0 Å². The fourth-order valence-electron chi connectivity index (χ4n) is 4.17. The monoisotopic (exact) mass is 191 g/mol. The van der Waals surface area contributed by atoms with E-state index in [0.717, 1.165) is 11.8 Å². The van der Waals surface area contributed by atoms with Crippen LogP contribution in [0.5, 0.6) is 0 Å². The van der Waals surface area contributed by atoms with Crippen molar-refractivity contribution >= 4 is 0 Å². The van der Waals surface area contributed by atoms with Gasteiger partial charge in [-0.05, 0) is 30.1 Å². The predicted octanol–water partition coefficient (Wildman–Crippen LogP) is 2.68. The van der Waals surface area contributed by atoms with Gasteiger partial charge in [0.1, 0.15) is 0 Å². The summed E-state index contributed by atoms with van der Waals surface area (Å²) < 4.78 is 0. The third-order valence-electron chi connectivity index (χ3n) is 4.79. The zero-order valence-corrected chi connectivity index (χ0v) is 9.64. The molecule has 0 aromatic rings. The molecule has 2 heterocycles. The van der Waals surface area contributed by atoms with Gasteiger partial charge in [-0.25, -0.2) is 0 Å². The van der Waals surface area contributed by atoms with E-state index in [2.05, 4.69) is 32.3 Å². The Bertz CT molecular complexity index is 299. The summed E-state index contributed by atoms with van der Waals surface area (Å²) in [5, 5.41) is 0. The first-order chi connectivity index (χ1) is 6.45. The van der Waals surface area contributed by atoms with Crippen LogP contribution in [0, 0.1) is 17.3 Å². The highest BCUT2D eigenvalue weighted by molar-refractivity contribution is 5.28. The Balaban J connectivity index is 2.04. The summed E-state index contributed by atoms with van der Waals surface area (Å²) in [7, 11) is 0. The van der Waals surface area contributed by atoms with Gasteiger partial charge in [0.25, 0.3) is 0 Å². The van der Waals surface area contributed by atoms with Crippen LogP contribution >= 0.6 is 0 Å². The molecule has 3 aliphatic rings. The molecule has 3 fully saturated rings. The molecule has 0 N–H and O–H groups in total. The lowest BCUT2D eigenvalue weighted by Gasteiger charge is -2.46. The lowest BCUT2D eigenvalue weighted by Crippen LogP contribution is -2.52. The van der Waals surface area contributed by atoms with Crippen LogP contribution in [-0.2, 0) is 0 Å². The van der Waals surface area contributed by atoms with Crippen molar-refractivity contribution in [3.8, 4) is 0 Å². The molecule has 0 radical (unpaired) electrons. The third-order valence-corrected chi connectivity index (χ3v) is 4.79. The number of nitrogens with zero attached hydrogens (tertiary/aromatic N) is 1. The topological polar surface area (TPSA) is 3.24 Å². The predicted molar refractivity (Wildman–Crippen MR) is 59.1 cm³/mol. The second-order valence-corrected chi connectivity index (χ2v) is 6.58. The maximum atomic E-state index is 4.21. The minimum Gasteiger partial charge on any atom is -0.292 e. The average Bonchev–Trinajstić information content (AvgIpc) is 2.57. The molecule has 0 amide bonds. The maximum Gasteiger partial charge on any atom is 0.0330 e. The Morgan fingerprint density at radius 2 is 2.14 bits per heavy atom. The van der Waals surface area contributed by atoms with Crippen LogP contribution in [0.25, 0.3) is 0 Å². The highest BCUT2D eigenvalue weighted by Gasteiger charge is 2.67. The minimum atomic E-state index is 0.419. The van der Waals surface area contributed by atoms with E-state index in [0.29, 0.717) is 11.0 Å². The standard InChI is InChI=1S/C13H21N/c1-9-6-13(12(2,3)4)11-5-10(11)8-14(13)7-9/h10-11H,1,5-8H2,2-4H3/t10-,11-,13?/m0/s1. The van der Waals surface area contributed by atoms with Crippen molar-refractivity contribution in [2.45, 2.75) is 39.2 Å². The van der Waals surface area contributed by atoms with Crippen LogP contribution < -0.4 is 0 Å². The second kappa shape index (κ2) is 2.27. The molecule has 14 heavy (non-hydrogen) atoms. The first-order valence-corrected chi connectivity index (χ1v) is 5.87. The van der Waals surface area contributed by atoms with E-state index in [1.807, 2.05) is 0 Å². The molecule has 3 rings (SSSR count). The molecular weight excluding hydrogens is 170 g/mol. The number of piperidine rings is 1. The molecule has 0 spiro atoms. The molecule has 1 heteroatoms. The van der Waals surface area contributed by atoms with Gasteiger partial charge in [0.2, 0.25) is 0 Å². The molecule has 2 saturated heterocycles. The van der Waals surface area contributed by atoms with E-state index in [9.17, 15) is 0 Å². The first-order valence-electron chi connectivity index (χ1n) is 5.87. The summed E-state index contributed by atoms with van der Waals surface area (Å²) in [5.74, 6) is 2.02.